The monoisotopic (exact) mass is 346 g/mol. The zero-order chi connectivity index (χ0) is 16.4. The number of sulfonamides is 1. The van der Waals surface area contributed by atoms with Gasteiger partial charge >= 0.3 is 0 Å². The number of thiophene rings is 1. The molecule has 2 N–H and O–H groups in total. The highest BCUT2D eigenvalue weighted by atomic mass is 32.2. The number of nitrogens with one attached hydrogen (secondary N) is 2. The number of rotatable bonds is 6. The molecule has 0 radical (unpaired) electrons. The third-order valence-corrected chi connectivity index (χ3v) is 7.34. The van der Waals surface area contributed by atoms with E-state index in [2.05, 4.69) is 30.8 Å². The van der Waals surface area contributed by atoms with Crippen molar-refractivity contribution in [2.45, 2.75) is 48.8 Å². The van der Waals surface area contributed by atoms with Crippen LogP contribution in [-0.4, -0.2) is 40.8 Å². The lowest BCUT2D eigenvalue weighted by Gasteiger charge is -2.28. The summed E-state index contributed by atoms with van der Waals surface area (Å²) < 4.78 is 33.4. The molecule has 126 valence electrons. The van der Waals surface area contributed by atoms with Gasteiger partial charge in [0.2, 0.25) is 10.0 Å². The largest absolute Gasteiger partial charge is 0.383 e. The molecule has 2 heterocycles. The van der Waals surface area contributed by atoms with E-state index in [1.807, 2.05) is 6.07 Å². The second kappa shape index (κ2) is 6.57. The van der Waals surface area contributed by atoms with Gasteiger partial charge < -0.3 is 10.1 Å². The lowest BCUT2D eigenvalue weighted by Crippen LogP contribution is -2.52. The van der Waals surface area contributed by atoms with Gasteiger partial charge in [-0.05, 0) is 36.9 Å². The summed E-state index contributed by atoms with van der Waals surface area (Å²) in [4.78, 5) is 1.07. The molecule has 0 bridgehead atoms. The lowest BCUT2D eigenvalue weighted by molar-refractivity contribution is 0.122. The van der Waals surface area contributed by atoms with E-state index in [0.717, 1.165) is 24.3 Å². The molecule has 5 nitrogen and oxygen atoms in total. The van der Waals surface area contributed by atoms with Crippen molar-refractivity contribution in [3.05, 3.63) is 17.0 Å². The van der Waals surface area contributed by atoms with Gasteiger partial charge in [-0.1, -0.05) is 20.8 Å². The molecule has 0 aliphatic carbocycles. The first-order valence-electron chi connectivity index (χ1n) is 7.53. The van der Waals surface area contributed by atoms with Crippen molar-refractivity contribution in [3.8, 4) is 0 Å². The zero-order valence-corrected chi connectivity index (χ0v) is 15.4. The first-order valence-corrected chi connectivity index (χ1v) is 9.82. The standard InChI is InChI=1S/C15H26N2O3S2/c1-14(2,3)12-6-7-13(21-12)22(18,19)17-10-15(11-20-4)8-5-9-16-15/h6-7,16-17H,5,8-11H2,1-4H3. The molecule has 0 aromatic carbocycles. The Bertz CT molecular complexity index is 597. The first kappa shape index (κ1) is 17.9. The molecule has 1 atom stereocenters. The van der Waals surface area contributed by atoms with Crippen LogP contribution in [0.25, 0.3) is 0 Å². The van der Waals surface area contributed by atoms with E-state index in [0.29, 0.717) is 17.4 Å². The highest BCUT2D eigenvalue weighted by molar-refractivity contribution is 7.91. The normalized spacial score (nSPS) is 23.1. The van der Waals surface area contributed by atoms with Gasteiger partial charge in [0.15, 0.2) is 0 Å². The molecule has 1 aliphatic rings. The fraction of sp³-hybridized carbons (Fsp3) is 0.733. The SMILES string of the molecule is COCC1(CNS(=O)(=O)c2ccc(C(C)(C)C)s2)CCCN1. The summed E-state index contributed by atoms with van der Waals surface area (Å²) in [6, 6.07) is 3.59. The Kier molecular flexibility index (Phi) is 5.34. The maximum absolute atomic E-state index is 12.5. The Labute approximate surface area is 137 Å². The van der Waals surface area contributed by atoms with Crippen LogP contribution in [0.4, 0.5) is 0 Å². The Morgan fingerprint density at radius 1 is 1.41 bits per heavy atom. The zero-order valence-electron chi connectivity index (χ0n) is 13.7. The highest BCUT2D eigenvalue weighted by Crippen LogP contribution is 2.31. The molecule has 0 saturated carbocycles. The maximum atomic E-state index is 12.5. The van der Waals surface area contributed by atoms with E-state index in [1.54, 1.807) is 13.2 Å². The topological polar surface area (TPSA) is 67.4 Å². The fourth-order valence-electron chi connectivity index (χ4n) is 2.64. The average molecular weight is 347 g/mol. The number of ether oxygens (including phenoxy) is 1. The third kappa shape index (κ3) is 4.08. The molecular formula is C15H26N2O3S2. The summed E-state index contributed by atoms with van der Waals surface area (Å²) in [5, 5.41) is 3.38. The molecule has 0 amide bonds. The van der Waals surface area contributed by atoms with Gasteiger partial charge in [0.1, 0.15) is 4.21 Å². The van der Waals surface area contributed by atoms with Crippen LogP contribution < -0.4 is 10.0 Å². The molecule has 1 unspecified atom stereocenters. The molecule has 1 saturated heterocycles. The minimum atomic E-state index is -3.47. The summed E-state index contributed by atoms with van der Waals surface area (Å²) in [6.45, 7) is 8.01. The summed E-state index contributed by atoms with van der Waals surface area (Å²) in [6.07, 6.45) is 1.96. The van der Waals surface area contributed by atoms with Crippen molar-refractivity contribution in [1.82, 2.24) is 10.0 Å². The molecule has 1 fully saturated rings. The summed E-state index contributed by atoms with van der Waals surface area (Å²) in [7, 11) is -1.83. The van der Waals surface area contributed by atoms with E-state index in [1.165, 1.54) is 11.3 Å². The van der Waals surface area contributed by atoms with Crippen molar-refractivity contribution in [2.75, 3.05) is 26.8 Å². The summed E-state index contributed by atoms with van der Waals surface area (Å²) in [5.41, 5.74) is -0.325. The third-order valence-electron chi connectivity index (χ3n) is 3.94. The minimum Gasteiger partial charge on any atom is -0.383 e. The number of hydrogen-bond acceptors (Lipinski definition) is 5. The summed E-state index contributed by atoms with van der Waals surface area (Å²) >= 11 is 1.34. The molecular weight excluding hydrogens is 320 g/mol. The van der Waals surface area contributed by atoms with E-state index in [9.17, 15) is 8.42 Å². The van der Waals surface area contributed by atoms with E-state index in [4.69, 9.17) is 4.74 Å². The van der Waals surface area contributed by atoms with Gasteiger partial charge in [-0.3, -0.25) is 0 Å². The first-order chi connectivity index (χ1) is 10.2. The van der Waals surface area contributed by atoms with Crippen LogP contribution in [0.15, 0.2) is 16.3 Å². The molecule has 0 spiro atoms. The average Bonchev–Trinajstić information content (AvgIpc) is 3.06. The second-order valence-corrected chi connectivity index (χ2v) is 10.0. The van der Waals surface area contributed by atoms with Crippen LogP contribution >= 0.6 is 11.3 Å². The van der Waals surface area contributed by atoms with Gasteiger partial charge in [-0.25, -0.2) is 13.1 Å². The second-order valence-electron chi connectivity index (χ2n) is 6.94. The fourth-order valence-corrected chi connectivity index (χ4v) is 5.18. The van der Waals surface area contributed by atoms with Crippen molar-refractivity contribution >= 4 is 21.4 Å². The number of methoxy groups -OCH3 is 1. The number of hydrogen-bond donors (Lipinski definition) is 2. The Balaban J connectivity index is 2.09. The van der Waals surface area contributed by atoms with Crippen LogP contribution in [0.5, 0.6) is 0 Å². The van der Waals surface area contributed by atoms with Gasteiger partial charge in [0, 0.05) is 18.5 Å². The van der Waals surface area contributed by atoms with E-state index >= 15 is 0 Å². The smallest absolute Gasteiger partial charge is 0.250 e. The Morgan fingerprint density at radius 3 is 2.64 bits per heavy atom. The van der Waals surface area contributed by atoms with E-state index in [-0.39, 0.29) is 11.0 Å². The van der Waals surface area contributed by atoms with Crippen LogP contribution in [-0.2, 0) is 20.2 Å². The van der Waals surface area contributed by atoms with Crippen molar-refractivity contribution in [3.63, 3.8) is 0 Å². The van der Waals surface area contributed by atoms with Gasteiger partial charge in [0.05, 0.1) is 12.1 Å². The predicted octanol–water partition coefficient (Wildman–Crippen LogP) is 2.09. The maximum Gasteiger partial charge on any atom is 0.250 e. The van der Waals surface area contributed by atoms with Crippen LogP contribution in [0, 0.1) is 0 Å². The van der Waals surface area contributed by atoms with Crippen molar-refractivity contribution in [1.29, 1.82) is 0 Å². The molecule has 22 heavy (non-hydrogen) atoms. The molecule has 1 aromatic heterocycles. The predicted molar refractivity (Wildman–Crippen MR) is 90.1 cm³/mol. The van der Waals surface area contributed by atoms with Crippen LogP contribution in [0.3, 0.4) is 0 Å². The van der Waals surface area contributed by atoms with Crippen LogP contribution in [0.1, 0.15) is 38.5 Å². The van der Waals surface area contributed by atoms with Gasteiger partial charge in [0.25, 0.3) is 0 Å². The summed E-state index contributed by atoms with van der Waals surface area (Å²) in [5.74, 6) is 0. The van der Waals surface area contributed by atoms with Crippen LogP contribution in [0.2, 0.25) is 0 Å². The molecule has 2 rings (SSSR count). The molecule has 1 aromatic rings. The Hall–Kier alpha value is -0.470. The quantitative estimate of drug-likeness (QED) is 0.828. The molecule has 1 aliphatic heterocycles. The van der Waals surface area contributed by atoms with E-state index < -0.39 is 10.0 Å². The van der Waals surface area contributed by atoms with Crippen molar-refractivity contribution < 1.29 is 13.2 Å². The van der Waals surface area contributed by atoms with Gasteiger partial charge in [-0.2, -0.15) is 0 Å². The van der Waals surface area contributed by atoms with Gasteiger partial charge in [-0.15, -0.1) is 11.3 Å². The lowest BCUT2D eigenvalue weighted by atomic mass is 9.95. The Morgan fingerprint density at radius 2 is 2.14 bits per heavy atom. The van der Waals surface area contributed by atoms with Crippen molar-refractivity contribution in [2.24, 2.45) is 0 Å². The molecule has 7 heteroatoms. The highest BCUT2D eigenvalue weighted by Gasteiger charge is 2.35. The minimum absolute atomic E-state index is 0.0390.